The first-order valence-electron chi connectivity index (χ1n) is 9.35. The number of nitrogens with zero attached hydrogens (tertiary/aromatic N) is 2. The Morgan fingerprint density at radius 2 is 1.58 bits per heavy atom. The van der Waals surface area contributed by atoms with E-state index in [2.05, 4.69) is 0 Å². The molecule has 2 aliphatic rings. The van der Waals surface area contributed by atoms with Crippen molar-refractivity contribution in [3.63, 3.8) is 0 Å². The van der Waals surface area contributed by atoms with Crippen molar-refractivity contribution in [2.75, 3.05) is 27.2 Å². The Hall–Kier alpha value is -1.26. The van der Waals surface area contributed by atoms with Crippen LogP contribution in [0.1, 0.15) is 65.7 Å². The van der Waals surface area contributed by atoms with E-state index in [4.69, 9.17) is 4.74 Å². The molecule has 1 aliphatic carbocycles. The van der Waals surface area contributed by atoms with Crippen LogP contribution in [0.15, 0.2) is 0 Å². The summed E-state index contributed by atoms with van der Waals surface area (Å²) in [4.78, 5) is 28.8. The Bertz CT molecular complexity index is 454. The van der Waals surface area contributed by atoms with Gasteiger partial charge in [-0.15, -0.1) is 0 Å². The molecule has 138 valence electrons. The first kappa shape index (κ1) is 19.1. The normalized spacial score (nSPS) is 22.1. The third kappa shape index (κ3) is 4.22. The minimum absolute atomic E-state index is 0.248. The fourth-order valence-electron chi connectivity index (χ4n) is 4.31. The zero-order valence-electron chi connectivity index (χ0n) is 16.1. The van der Waals surface area contributed by atoms with Crippen molar-refractivity contribution in [1.29, 1.82) is 0 Å². The van der Waals surface area contributed by atoms with Gasteiger partial charge in [0.2, 0.25) is 5.91 Å². The van der Waals surface area contributed by atoms with Gasteiger partial charge in [0.1, 0.15) is 5.60 Å². The summed E-state index contributed by atoms with van der Waals surface area (Å²) < 4.78 is 5.49. The summed E-state index contributed by atoms with van der Waals surface area (Å²) in [5.74, 6) is 0.708. The first-order valence-corrected chi connectivity index (χ1v) is 9.35. The van der Waals surface area contributed by atoms with Gasteiger partial charge in [-0.3, -0.25) is 4.79 Å². The number of hydrogen-bond acceptors (Lipinski definition) is 3. The van der Waals surface area contributed by atoms with Crippen molar-refractivity contribution in [3.8, 4) is 0 Å². The zero-order chi connectivity index (χ0) is 18.0. The second-order valence-corrected chi connectivity index (χ2v) is 8.66. The lowest BCUT2D eigenvalue weighted by atomic mass is 9.63. The molecule has 1 saturated heterocycles. The summed E-state index contributed by atoms with van der Waals surface area (Å²) in [6.45, 7) is 6.89. The quantitative estimate of drug-likeness (QED) is 0.772. The summed E-state index contributed by atoms with van der Waals surface area (Å²) in [6.07, 6.45) is 7.29. The van der Waals surface area contributed by atoms with E-state index in [9.17, 15) is 9.59 Å². The maximum Gasteiger partial charge on any atom is 0.410 e. The smallest absolute Gasteiger partial charge is 0.410 e. The number of likely N-dealkylation sites (tertiary alicyclic amines) is 1. The number of piperidine rings is 1. The topological polar surface area (TPSA) is 49.9 Å². The van der Waals surface area contributed by atoms with Crippen LogP contribution in [0.3, 0.4) is 0 Å². The van der Waals surface area contributed by atoms with Crippen LogP contribution >= 0.6 is 0 Å². The fraction of sp³-hybridized carbons (Fsp3) is 0.895. The Morgan fingerprint density at radius 1 is 1.04 bits per heavy atom. The van der Waals surface area contributed by atoms with E-state index in [0.29, 0.717) is 19.0 Å². The molecular weight excluding hydrogens is 304 g/mol. The molecule has 0 radical (unpaired) electrons. The minimum atomic E-state index is -0.478. The predicted octanol–water partition coefficient (Wildman–Crippen LogP) is 3.67. The molecule has 0 unspecified atom stereocenters. The van der Waals surface area contributed by atoms with Gasteiger partial charge in [0.05, 0.1) is 5.41 Å². The maximum absolute atomic E-state index is 13.0. The fourth-order valence-corrected chi connectivity index (χ4v) is 4.31. The number of hydrogen-bond donors (Lipinski definition) is 0. The van der Waals surface area contributed by atoms with Crippen LogP contribution in [0.4, 0.5) is 4.79 Å². The van der Waals surface area contributed by atoms with E-state index in [1.807, 2.05) is 34.9 Å². The minimum Gasteiger partial charge on any atom is -0.444 e. The molecule has 24 heavy (non-hydrogen) atoms. The van der Waals surface area contributed by atoms with Gasteiger partial charge in [-0.2, -0.15) is 0 Å². The van der Waals surface area contributed by atoms with Crippen LogP contribution in [0, 0.1) is 11.3 Å². The number of amides is 2. The molecule has 0 aromatic carbocycles. The molecule has 0 spiro atoms. The number of rotatable bonds is 2. The van der Waals surface area contributed by atoms with Crippen LogP contribution in [0.2, 0.25) is 0 Å². The second-order valence-electron chi connectivity index (χ2n) is 8.66. The van der Waals surface area contributed by atoms with Gasteiger partial charge in [-0.05, 0) is 52.4 Å². The van der Waals surface area contributed by atoms with Crippen LogP contribution in [0.5, 0.6) is 0 Å². The molecule has 1 heterocycles. The number of ether oxygens (including phenoxy) is 1. The summed E-state index contributed by atoms with van der Waals surface area (Å²) in [5.41, 5.74) is -0.767. The van der Waals surface area contributed by atoms with Gasteiger partial charge < -0.3 is 14.5 Å². The summed E-state index contributed by atoms with van der Waals surface area (Å²) in [7, 11) is 3.71. The van der Waals surface area contributed by atoms with Gasteiger partial charge in [-0.1, -0.05) is 19.3 Å². The largest absolute Gasteiger partial charge is 0.444 e. The van der Waals surface area contributed by atoms with E-state index in [1.165, 1.54) is 19.3 Å². The molecule has 2 rings (SSSR count). The Labute approximate surface area is 146 Å². The highest BCUT2D eigenvalue weighted by Gasteiger charge is 2.49. The molecule has 0 atom stereocenters. The van der Waals surface area contributed by atoms with E-state index >= 15 is 0 Å². The van der Waals surface area contributed by atoms with Crippen LogP contribution in [-0.2, 0) is 9.53 Å². The van der Waals surface area contributed by atoms with Crippen LogP contribution in [0.25, 0.3) is 0 Å². The van der Waals surface area contributed by atoms with E-state index in [1.54, 1.807) is 9.80 Å². The first-order chi connectivity index (χ1) is 11.2. The van der Waals surface area contributed by atoms with E-state index in [-0.39, 0.29) is 17.4 Å². The van der Waals surface area contributed by atoms with Gasteiger partial charge in [0.15, 0.2) is 0 Å². The highest BCUT2D eigenvalue weighted by atomic mass is 16.6. The van der Waals surface area contributed by atoms with Crippen molar-refractivity contribution in [2.45, 2.75) is 71.3 Å². The monoisotopic (exact) mass is 338 g/mol. The van der Waals surface area contributed by atoms with E-state index in [0.717, 1.165) is 25.7 Å². The standard InChI is InChI=1S/C19H34N2O3/c1-18(2,3)24-17(23)21-13-11-19(12-14-21,16(22)20(4)5)15-9-7-6-8-10-15/h15H,6-14H2,1-5H3. The highest BCUT2D eigenvalue weighted by molar-refractivity contribution is 5.83. The Morgan fingerprint density at radius 3 is 2.04 bits per heavy atom. The van der Waals surface area contributed by atoms with Gasteiger partial charge >= 0.3 is 6.09 Å². The third-order valence-electron chi connectivity index (χ3n) is 5.53. The molecule has 2 fully saturated rings. The average Bonchev–Trinajstić information content (AvgIpc) is 2.53. The van der Waals surface area contributed by atoms with Gasteiger partial charge in [0.25, 0.3) is 0 Å². The maximum atomic E-state index is 13.0. The lowest BCUT2D eigenvalue weighted by molar-refractivity contribution is -0.148. The van der Waals surface area contributed by atoms with Crippen molar-refractivity contribution >= 4 is 12.0 Å². The van der Waals surface area contributed by atoms with Gasteiger partial charge in [0, 0.05) is 27.2 Å². The molecular formula is C19H34N2O3. The summed E-state index contributed by atoms with van der Waals surface area (Å²) in [6, 6.07) is 0. The average molecular weight is 338 g/mol. The number of carbonyl (C=O) groups excluding carboxylic acids is 2. The van der Waals surface area contributed by atoms with Gasteiger partial charge in [-0.25, -0.2) is 4.79 Å². The summed E-state index contributed by atoms with van der Waals surface area (Å²) in [5, 5.41) is 0. The number of carbonyl (C=O) groups is 2. The van der Waals surface area contributed by atoms with Crippen LogP contribution < -0.4 is 0 Å². The predicted molar refractivity (Wildman–Crippen MR) is 94.7 cm³/mol. The van der Waals surface area contributed by atoms with Crippen molar-refractivity contribution in [3.05, 3.63) is 0 Å². The zero-order valence-corrected chi connectivity index (χ0v) is 16.1. The summed E-state index contributed by atoms with van der Waals surface area (Å²) >= 11 is 0. The SMILES string of the molecule is CN(C)C(=O)C1(C2CCCCC2)CCN(C(=O)OC(C)(C)C)CC1. The molecule has 5 heteroatoms. The molecule has 1 aliphatic heterocycles. The van der Waals surface area contributed by atoms with Crippen molar-refractivity contribution < 1.29 is 14.3 Å². The van der Waals surface area contributed by atoms with Crippen molar-refractivity contribution in [2.24, 2.45) is 11.3 Å². The van der Waals surface area contributed by atoms with E-state index < -0.39 is 5.60 Å². The molecule has 0 aromatic heterocycles. The van der Waals surface area contributed by atoms with Crippen LogP contribution in [-0.4, -0.2) is 54.6 Å². The Balaban J connectivity index is 2.09. The third-order valence-corrected chi connectivity index (χ3v) is 5.53. The molecule has 0 aromatic rings. The molecule has 1 saturated carbocycles. The molecule has 5 nitrogen and oxygen atoms in total. The lowest BCUT2D eigenvalue weighted by Crippen LogP contribution is -2.54. The Kier molecular flexibility index (Phi) is 5.82. The molecule has 0 bridgehead atoms. The molecule has 0 N–H and O–H groups in total. The lowest BCUT2D eigenvalue weighted by Gasteiger charge is -2.47. The molecule has 2 amide bonds. The highest BCUT2D eigenvalue weighted by Crippen LogP contribution is 2.47. The second kappa shape index (κ2) is 7.32. The van der Waals surface area contributed by atoms with Crippen molar-refractivity contribution in [1.82, 2.24) is 9.80 Å².